The van der Waals surface area contributed by atoms with Gasteiger partial charge >= 0.3 is 0 Å². The van der Waals surface area contributed by atoms with Gasteiger partial charge < -0.3 is 14.2 Å². The molecule has 0 radical (unpaired) electrons. The molecule has 1 saturated heterocycles. The second-order valence-electron chi connectivity index (χ2n) is 5.60. The SMILES string of the molecule is C=COCCCCCCCCCCCCOCC1CO1. The first-order valence-electron chi connectivity index (χ1n) is 8.35. The Labute approximate surface area is 124 Å². The molecule has 1 atom stereocenters. The smallest absolute Gasteiger partial charge is 0.104 e. The summed E-state index contributed by atoms with van der Waals surface area (Å²) in [5.74, 6) is 0. The Morgan fingerprint density at radius 3 is 1.85 bits per heavy atom. The zero-order valence-electron chi connectivity index (χ0n) is 13.0. The van der Waals surface area contributed by atoms with Crippen molar-refractivity contribution in [3.8, 4) is 0 Å². The summed E-state index contributed by atoms with van der Waals surface area (Å²) in [5.41, 5.74) is 0. The topological polar surface area (TPSA) is 31.0 Å². The predicted octanol–water partition coefficient (Wildman–Crippen LogP) is 4.46. The van der Waals surface area contributed by atoms with Crippen LogP contribution in [0, 0.1) is 0 Å². The molecule has 0 aromatic carbocycles. The third-order valence-electron chi connectivity index (χ3n) is 3.62. The summed E-state index contributed by atoms with van der Waals surface area (Å²) in [6.45, 7) is 6.98. The van der Waals surface area contributed by atoms with E-state index >= 15 is 0 Å². The van der Waals surface area contributed by atoms with E-state index in [0.717, 1.165) is 32.8 Å². The molecule has 0 amide bonds. The lowest BCUT2D eigenvalue weighted by atomic mass is 10.1. The fourth-order valence-corrected chi connectivity index (χ4v) is 2.27. The maximum Gasteiger partial charge on any atom is 0.104 e. The molecule has 3 nitrogen and oxygen atoms in total. The Kier molecular flexibility index (Phi) is 11.8. The quantitative estimate of drug-likeness (QED) is 0.238. The maximum absolute atomic E-state index is 5.52. The predicted molar refractivity (Wildman–Crippen MR) is 82.9 cm³/mol. The zero-order chi connectivity index (χ0) is 14.3. The molecule has 1 aliphatic rings. The lowest BCUT2D eigenvalue weighted by molar-refractivity contribution is 0.113. The van der Waals surface area contributed by atoms with E-state index in [1.54, 1.807) is 0 Å². The van der Waals surface area contributed by atoms with Gasteiger partial charge in [0.1, 0.15) is 6.10 Å². The Balaban J connectivity index is 1.61. The van der Waals surface area contributed by atoms with E-state index in [2.05, 4.69) is 6.58 Å². The highest BCUT2D eigenvalue weighted by Gasteiger charge is 2.21. The van der Waals surface area contributed by atoms with Crippen molar-refractivity contribution in [2.45, 2.75) is 70.3 Å². The summed E-state index contributed by atoms with van der Waals surface area (Å²) in [6.07, 6.45) is 15.1. The minimum atomic E-state index is 0.415. The van der Waals surface area contributed by atoms with E-state index < -0.39 is 0 Å². The Morgan fingerprint density at radius 2 is 1.35 bits per heavy atom. The van der Waals surface area contributed by atoms with Crippen molar-refractivity contribution in [1.82, 2.24) is 0 Å². The molecule has 0 aliphatic carbocycles. The van der Waals surface area contributed by atoms with Crippen LogP contribution < -0.4 is 0 Å². The minimum absolute atomic E-state index is 0.415. The molecule has 0 saturated carbocycles. The van der Waals surface area contributed by atoms with Crippen LogP contribution in [0.1, 0.15) is 64.2 Å². The molecule has 1 unspecified atom stereocenters. The summed E-state index contributed by atoms with van der Waals surface area (Å²) >= 11 is 0. The van der Waals surface area contributed by atoms with Crippen molar-refractivity contribution in [2.24, 2.45) is 0 Å². The van der Waals surface area contributed by atoms with Gasteiger partial charge in [-0.3, -0.25) is 0 Å². The Bertz CT molecular complexity index is 214. The molecule has 0 aromatic heterocycles. The molecule has 1 heterocycles. The van der Waals surface area contributed by atoms with Crippen LogP contribution in [0.25, 0.3) is 0 Å². The van der Waals surface area contributed by atoms with Crippen LogP contribution in [0.2, 0.25) is 0 Å². The van der Waals surface area contributed by atoms with E-state index in [4.69, 9.17) is 14.2 Å². The van der Waals surface area contributed by atoms with Crippen molar-refractivity contribution in [3.05, 3.63) is 12.8 Å². The molecular formula is C17H32O3. The summed E-state index contributed by atoms with van der Waals surface area (Å²) in [6, 6.07) is 0. The molecule has 118 valence electrons. The van der Waals surface area contributed by atoms with Gasteiger partial charge in [-0.15, -0.1) is 0 Å². The highest BCUT2D eigenvalue weighted by atomic mass is 16.6. The van der Waals surface area contributed by atoms with Gasteiger partial charge in [-0.1, -0.05) is 57.9 Å². The first-order chi connectivity index (χ1) is 9.93. The van der Waals surface area contributed by atoms with Crippen molar-refractivity contribution in [3.63, 3.8) is 0 Å². The van der Waals surface area contributed by atoms with Crippen LogP contribution in [-0.4, -0.2) is 32.5 Å². The first-order valence-corrected chi connectivity index (χ1v) is 8.35. The number of hydrogen-bond acceptors (Lipinski definition) is 3. The van der Waals surface area contributed by atoms with E-state index in [0.29, 0.717) is 6.10 Å². The molecule has 0 N–H and O–H groups in total. The first kappa shape index (κ1) is 17.5. The van der Waals surface area contributed by atoms with Crippen LogP contribution in [-0.2, 0) is 14.2 Å². The normalized spacial score (nSPS) is 17.1. The van der Waals surface area contributed by atoms with Crippen molar-refractivity contribution in [2.75, 3.05) is 26.4 Å². The molecule has 0 aromatic rings. The van der Waals surface area contributed by atoms with E-state index in [9.17, 15) is 0 Å². The number of ether oxygens (including phenoxy) is 3. The van der Waals surface area contributed by atoms with Gasteiger partial charge in [0.05, 0.1) is 26.1 Å². The zero-order valence-corrected chi connectivity index (χ0v) is 13.0. The lowest BCUT2D eigenvalue weighted by Gasteiger charge is -2.04. The largest absolute Gasteiger partial charge is 0.502 e. The maximum atomic E-state index is 5.52. The average Bonchev–Trinajstić information content (AvgIpc) is 3.27. The van der Waals surface area contributed by atoms with Crippen LogP contribution in [0.15, 0.2) is 12.8 Å². The van der Waals surface area contributed by atoms with E-state index in [1.165, 1.54) is 64.0 Å². The molecular weight excluding hydrogens is 252 g/mol. The summed E-state index contributed by atoms with van der Waals surface area (Å²) in [7, 11) is 0. The van der Waals surface area contributed by atoms with Crippen LogP contribution in [0.4, 0.5) is 0 Å². The lowest BCUT2D eigenvalue weighted by Crippen LogP contribution is -2.02. The van der Waals surface area contributed by atoms with Gasteiger partial charge in [-0.25, -0.2) is 0 Å². The average molecular weight is 284 g/mol. The summed E-state index contributed by atoms with van der Waals surface area (Å²) < 4.78 is 15.7. The van der Waals surface area contributed by atoms with Gasteiger partial charge in [0.15, 0.2) is 0 Å². The van der Waals surface area contributed by atoms with Gasteiger partial charge in [-0.2, -0.15) is 0 Å². The molecule has 1 rings (SSSR count). The molecule has 1 fully saturated rings. The molecule has 0 spiro atoms. The second-order valence-corrected chi connectivity index (χ2v) is 5.60. The molecule has 1 aliphatic heterocycles. The fraction of sp³-hybridized carbons (Fsp3) is 0.882. The number of hydrogen-bond donors (Lipinski definition) is 0. The molecule has 3 heteroatoms. The minimum Gasteiger partial charge on any atom is -0.502 e. The Hall–Kier alpha value is -0.540. The van der Waals surface area contributed by atoms with Crippen molar-refractivity contribution < 1.29 is 14.2 Å². The Morgan fingerprint density at radius 1 is 0.850 bits per heavy atom. The standard InChI is InChI=1S/C17H32O3/c1-2-18-13-11-9-7-5-3-4-6-8-10-12-14-19-15-17-16-20-17/h2,17H,1,3-16H2. The number of unbranched alkanes of at least 4 members (excludes halogenated alkanes) is 9. The van der Waals surface area contributed by atoms with Crippen LogP contribution in [0.3, 0.4) is 0 Å². The van der Waals surface area contributed by atoms with Gasteiger partial charge in [-0.05, 0) is 12.8 Å². The van der Waals surface area contributed by atoms with Crippen molar-refractivity contribution >= 4 is 0 Å². The summed E-state index contributed by atoms with van der Waals surface area (Å²) in [5, 5.41) is 0. The highest BCUT2D eigenvalue weighted by molar-refractivity contribution is 4.66. The monoisotopic (exact) mass is 284 g/mol. The number of epoxide rings is 1. The van der Waals surface area contributed by atoms with Crippen LogP contribution >= 0.6 is 0 Å². The summed E-state index contributed by atoms with van der Waals surface area (Å²) in [4.78, 5) is 0. The third-order valence-corrected chi connectivity index (χ3v) is 3.62. The number of rotatable bonds is 16. The second kappa shape index (κ2) is 13.4. The van der Waals surface area contributed by atoms with Gasteiger partial charge in [0, 0.05) is 6.61 Å². The van der Waals surface area contributed by atoms with E-state index in [-0.39, 0.29) is 0 Å². The van der Waals surface area contributed by atoms with Gasteiger partial charge in [0.2, 0.25) is 0 Å². The molecule has 20 heavy (non-hydrogen) atoms. The van der Waals surface area contributed by atoms with E-state index in [1.807, 2.05) is 0 Å². The molecule has 0 bridgehead atoms. The third kappa shape index (κ3) is 12.5. The fourth-order valence-electron chi connectivity index (χ4n) is 2.27. The highest BCUT2D eigenvalue weighted by Crippen LogP contribution is 2.11. The van der Waals surface area contributed by atoms with Crippen molar-refractivity contribution in [1.29, 1.82) is 0 Å². The van der Waals surface area contributed by atoms with Crippen LogP contribution in [0.5, 0.6) is 0 Å². The van der Waals surface area contributed by atoms with Gasteiger partial charge in [0.25, 0.3) is 0 Å².